The van der Waals surface area contributed by atoms with Crippen molar-refractivity contribution in [1.29, 1.82) is 0 Å². The van der Waals surface area contributed by atoms with Crippen LogP contribution in [0, 0.1) is 17.5 Å². The van der Waals surface area contributed by atoms with E-state index in [1.165, 1.54) is 18.0 Å². The van der Waals surface area contributed by atoms with Gasteiger partial charge in [0.2, 0.25) is 0 Å². The Hall–Kier alpha value is -1.63. The van der Waals surface area contributed by atoms with Gasteiger partial charge in [0, 0.05) is 12.1 Å². The molecule has 1 heterocycles. The summed E-state index contributed by atoms with van der Waals surface area (Å²) in [6, 6.07) is 1.68. The highest BCUT2D eigenvalue weighted by molar-refractivity contribution is 7.98. The summed E-state index contributed by atoms with van der Waals surface area (Å²) in [6.07, 6.45) is 3.27. The molecule has 2 aromatic rings. The van der Waals surface area contributed by atoms with Crippen LogP contribution in [0.2, 0.25) is 0 Å². The van der Waals surface area contributed by atoms with Crippen LogP contribution in [-0.2, 0) is 0 Å². The fourth-order valence-corrected chi connectivity index (χ4v) is 1.82. The lowest BCUT2D eigenvalue weighted by Crippen LogP contribution is -2.04. The molecule has 0 spiro atoms. The zero-order chi connectivity index (χ0) is 12.6. The van der Waals surface area contributed by atoms with E-state index in [4.69, 9.17) is 5.73 Å². The number of hydrogen-bond donors (Lipinski definition) is 1. The molecule has 0 aliphatic heterocycles. The maximum atomic E-state index is 13.0. The second kappa shape index (κ2) is 4.33. The highest BCUT2D eigenvalue weighted by Crippen LogP contribution is 2.26. The first-order valence-electron chi connectivity index (χ1n) is 4.57. The average Bonchev–Trinajstić information content (AvgIpc) is 2.66. The molecule has 3 nitrogen and oxygen atoms in total. The first-order chi connectivity index (χ1) is 8.04. The molecule has 0 aliphatic rings. The number of hydrogen-bond acceptors (Lipinski definition) is 3. The van der Waals surface area contributed by atoms with Crippen LogP contribution < -0.4 is 5.73 Å². The van der Waals surface area contributed by atoms with E-state index < -0.39 is 17.5 Å². The van der Waals surface area contributed by atoms with E-state index in [0.29, 0.717) is 4.90 Å². The van der Waals surface area contributed by atoms with Crippen molar-refractivity contribution in [1.82, 2.24) is 9.78 Å². The Morgan fingerprint density at radius 3 is 2.29 bits per heavy atom. The number of halogens is 3. The standard InChI is InChI=1S/C10H8F3N3S/c1-17-8-4-15-16(10(8)14)5-2-6(11)9(13)7(12)3-5/h2-4H,14H2,1H3. The zero-order valence-electron chi connectivity index (χ0n) is 8.75. The van der Waals surface area contributed by atoms with Crippen molar-refractivity contribution in [2.75, 3.05) is 12.0 Å². The van der Waals surface area contributed by atoms with E-state index in [9.17, 15) is 13.2 Å². The minimum absolute atomic E-state index is 0.0409. The van der Waals surface area contributed by atoms with Crippen LogP contribution in [0.15, 0.2) is 23.2 Å². The molecule has 0 amide bonds. The van der Waals surface area contributed by atoms with E-state index in [-0.39, 0.29) is 11.5 Å². The van der Waals surface area contributed by atoms with Gasteiger partial charge in [-0.2, -0.15) is 5.10 Å². The highest BCUT2D eigenvalue weighted by atomic mass is 32.2. The van der Waals surface area contributed by atoms with Gasteiger partial charge in [0.15, 0.2) is 17.5 Å². The van der Waals surface area contributed by atoms with Crippen molar-refractivity contribution >= 4 is 17.6 Å². The van der Waals surface area contributed by atoms with Crippen LogP contribution in [0.25, 0.3) is 5.69 Å². The maximum absolute atomic E-state index is 13.0. The molecule has 0 unspecified atom stereocenters. The van der Waals surface area contributed by atoms with Gasteiger partial charge in [-0.3, -0.25) is 0 Å². The summed E-state index contributed by atoms with van der Waals surface area (Å²) >= 11 is 1.35. The molecule has 0 radical (unpaired) electrons. The molecule has 0 aliphatic carbocycles. The average molecular weight is 259 g/mol. The Bertz CT molecular complexity index is 545. The molecule has 2 N–H and O–H groups in total. The van der Waals surface area contributed by atoms with Gasteiger partial charge in [0.25, 0.3) is 0 Å². The van der Waals surface area contributed by atoms with Crippen LogP contribution in [0.4, 0.5) is 19.0 Å². The van der Waals surface area contributed by atoms with E-state index in [0.717, 1.165) is 16.8 Å². The third-order valence-electron chi connectivity index (χ3n) is 2.20. The van der Waals surface area contributed by atoms with Gasteiger partial charge in [-0.05, 0) is 6.26 Å². The van der Waals surface area contributed by atoms with E-state index >= 15 is 0 Å². The number of anilines is 1. The van der Waals surface area contributed by atoms with Crippen LogP contribution in [0.3, 0.4) is 0 Å². The Labute approximate surface area is 99.4 Å². The van der Waals surface area contributed by atoms with Gasteiger partial charge >= 0.3 is 0 Å². The first kappa shape index (κ1) is 11.8. The minimum atomic E-state index is -1.51. The molecule has 0 saturated carbocycles. The monoisotopic (exact) mass is 259 g/mol. The Morgan fingerprint density at radius 1 is 1.24 bits per heavy atom. The minimum Gasteiger partial charge on any atom is -0.383 e. The second-order valence-electron chi connectivity index (χ2n) is 3.23. The number of thioether (sulfide) groups is 1. The third-order valence-corrected chi connectivity index (χ3v) is 2.96. The quantitative estimate of drug-likeness (QED) is 0.666. The molecule has 0 fully saturated rings. The number of nitrogens with zero attached hydrogens (tertiary/aromatic N) is 2. The second-order valence-corrected chi connectivity index (χ2v) is 4.08. The summed E-state index contributed by atoms with van der Waals surface area (Å²) in [6.45, 7) is 0. The topological polar surface area (TPSA) is 43.8 Å². The fraction of sp³-hybridized carbons (Fsp3) is 0.100. The molecule has 1 aromatic carbocycles. The van der Waals surface area contributed by atoms with Gasteiger partial charge in [-0.25, -0.2) is 17.9 Å². The maximum Gasteiger partial charge on any atom is 0.194 e. The van der Waals surface area contributed by atoms with Gasteiger partial charge in [0.1, 0.15) is 5.82 Å². The van der Waals surface area contributed by atoms with E-state index in [1.807, 2.05) is 0 Å². The largest absolute Gasteiger partial charge is 0.383 e. The highest BCUT2D eigenvalue weighted by Gasteiger charge is 2.14. The number of nitrogen functional groups attached to an aromatic ring is 1. The smallest absolute Gasteiger partial charge is 0.194 e. The van der Waals surface area contributed by atoms with E-state index in [1.54, 1.807) is 6.26 Å². The summed E-state index contributed by atoms with van der Waals surface area (Å²) in [4.78, 5) is 0.676. The lowest BCUT2D eigenvalue weighted by Gasteiger charge is -2.05. The van der Waals surface area contributed by atoms with Crippen molar-refractivity contribution in [2.45, 2.75) is 4.90 Å². The summed E-state index contributed by atoms with van der Waals surface area (Å²) in [5.41, 5.74) is 5.77. The van der Waals surface area contributed by atoms with Crippen LogP contribution in [0.5, 0.6) is 0 Å². The molecule has 17 heavy (non-hydrogen) atoms. The van der Waals surface area contributed by atoms with Crippen LogP contribution in [-0.4, -0.2) is 16.0 Å². The van der Waals surface area contributed by atoms with Crippen molar-refractivity contribution in [3.05, 3.63) is 35.8 Å². The molecule has 0 saturated heterocycles. The molecular formula is C10H8F3N3S. The van der Waals surface area contributed by atoms with Crippen molar-refractivity contribution < 1.29 is 13.2 Å². The van der Waals surface area contributed by atoms with Gasteiger partial charge in [-0.15, -0.1) is 11.8 Å². The predicted molar refractivity (Wildman–Crippen MR) is 59.6 cm³/mol. The Kier molecular flexibility index (Phi) is 3.01. The molecule has 2 rings (SSSR count). The lowest BCUT2D eigenvalue weighted by atomic mass is 10.3. The summed E-state index contributed by atoms with van der Waals surface area (Å²) in [5, 5.41) is 3.88. The summed E-state index contributed by atoms with van der Waals surface area (Å²) < 4.78 is 40.0. The van der Waals surface area contributed by atoms with Crippen LogP contribution >= 0.6 is 11.8 Å². The summed E-state index contributed by atoms with van der Waals surface area (Å²) in [5.74, 6) is -3.81. The normalized spacial score (nSPS) is 10.8. The molecule has 7 heteroatoms. The SMILES string of the molecule is CSc1cnn(-c2cc(F)c(F)c(F)c2)c1N. The Morgan fingerprint density at radius 2 is 1.82 bits per heavy atom. The van der Waals surface area contributed by atoms with E-state index in [2.05, 4.69) is 5.10 Å². The molecule has 1 aromatic heterocycles. The predicted octanol–water partition coefficient (Wildman–Crippen LogP) is 2.59. The van der Waals surface area contributed by atoms with Gasteiger partial charge in [-0.1, -0.05) is 0 Å². The summed E-state index contributed by atoms with van der Waals surface area (Å²) in [7, 11) is 0. The Balaban J connectivity index is 2.57. The molecule has 0 bridgehead atoms. The fourth-order valence-electron chi connectivity index (χ4n) is 1.37. The van der Waals surface area contributed by atoms with Crippen molar-refractivity contribution in [3.63, 3.8) is 0 Å². The first-order valence-corrected chi connectivity index (χ1v) is 5.79. The number of nitrogens with two attached hydrogens (primary N) is 1. The van der Waals surface area contributed by atoms with Crippen molar-refractivity contribution in [2.24, 2.45) is 0 Å². The van der Waals surface area contributed by atoms with Gasteiger partial charge in [0.05, 0.1) is 16.8 Å². The molecular weight excluding hydrogens is 251 g/mol. The molecule has 0 atom stereocenters. The number of benzene rings is 1. The zero-order valence-corrected chi connectivity index (χ0v) is 9.56. The van der Waals surface area contributed by atoms with Crippen LogP contribution in [0.1, 0.15) is 0 Å². The van der Waals surface area contributed by atoms with Crippen molar-refractivity contribution in [3.8, 4) is 5.69 Å². The number of aromatic nitrogens is 2. The lowest BCUT2D eigenvalue weighted by molar-refractivity contribution is 0.446. The molecule has 90 valence electrons. The van der Waals surface area contributed by atoms with Gasteiger partial charge < -0.3 is 5.73 Å². The third kappa shape index (κ3) is 1.97. The number of rotatable bonds is 2.